The second-order valence-corrected chi connectivity index (χ2v) is 9.48. The van der Waals surface area contributed by atoms with E-state index in [9.17, 15) is 15.2 Å². The number of rotatable bonds is 10. The highest BCUT2D eigenvalue weighted by Crippen LogP contribution is 2.30. The first kappa shape index (κ1) is 25.5. The van der Waals surface area contributed by atoms with Gasteiger partial charge in [0.2, 0.25) is 11.8 Å². The first-order valence-electron chi connectivity index (χ1n) is 12.5. The lowest BCUT2D eigenvalue weighted by molar-refractivity contribution is -0.384. The number of anilines is 2. The van der Waals surface area contributed by atoms with Crippen LogP contribution in [0.15, 0.2) is 48.7 Å². The summed E-state index contributed by atoms with van der Waals surface area (Å²) in [5.41, 5.74) is 11.2. The molecule has 0 atom stereocenters. The van der Waals surface area contributed by atoms with Crippen molar-refractivity contribution in [2.75, 3.05) is 23.8 Å². The minimum Gasteiger partial charge on any atom is -0.396 e. The molecule has 190 valence electrons. The molecule has 0 spiro atoms. The molecule has 0 unspecified atom stereocenters. The summed E-state index contributed by atoms with van der Waals surface area (Å²) in [6, 6.07) is 14.4. The Morgan fingerprint density at radius 1 is 1.11 bits per heavy atom. The lowest BCUT2D eigenvalue weighted by Gasteiger charge is -2.27. The summed E-state index contributed by atoms with van der Waals surface area (Å²) < 4.78 is 0. The number of nitro groups is 1. The van der Waals surface area contributed by atoms with Gasteiger partial charge in [-0.15, -0.1) is 0 Å². The summed E-state index contributed by atoms with van der Waals surface area (Å²) in [6.45, 7) is 3.90. The van der Waals surface area contributed by atoms with E-state index in [-0.39, 0.29) is 18.1 Å². The summed E-state index contributed by atoms with van der Waals surface area (Å²) in [4.78, 5) is 19.7. The van der Waals surface area contributed by atoms with Gasteiger partial charge in [-0.2, -0.15) is 4.98 Å². The number of nitrogens with two attached hydrogens (primary N) is 1. The summed E-state index contributed by atoms with van der Waals surface area (Å²) in [7, 11) is 0. The minimum atomic E-state index is -0.460. The third-order valence-electron chi connectivity index (χ3n) is 7.11. The maximum absolute atomic E-state index is 11.5. The predicted octanol–water partition coefficient (Wildman–Crippen LogP) is 4.64. The zero-order valence-electron chi connectivity index (χ0n) is 20.6. The molecule has 1 saturated carbocycles. The quantitative estimate of drug-likeness (QED) is 0.238. The second kappa shape index (κ2) is 11.9. The molecule has 0 aliphatic heterocycles. The van der Waals surface area contributed by atoms with Crippen LogP contribution >= 0.6 is 0 Å². The van der Waals surface area contributed by atoms with E-state index < -0.39 is 4.92 Å². The van der Waals surface area contributed by atoms with E-state index in [1.807, 2.05) is 24.3 Å². The van der Waals surface area contributed by atoms with Crippen LogP contribution in [0, 0.1) is 28.9 Å². The predicted molar refractivity (Wildman–Crippen MR) is 142 cm³/mol. The third kappa shape index (κ3) is 6.16. The van der Waals surface area contributed by atoms with Gasteiger partial charge in [-0.1, -0.05) is 36.4 Å². The van der Waals surface area contributed by atoms with Gasteiger partial charge in [0.15, 0.2) is 0 Å². The molecule has 9 nitrogen and oxygen atoms in total. The SMILES string of the molecule is Cc1c(CNc2ncc([N+](=O)[O-])c(NC[C@H]3CC[C@H](CO)CC3)n2)cccc1-c1cccc(CN)c1. The molecule has 1 aliphatic rings. The summed E-state index contributed by atoms with van der Waals surface area (Å²) in [6.07, 6.45) is 5.20. The Balaban J connectivity index is 1.45. The van der Waals surface area contributed by atoms with Crippen LogP contribution in [0.2, 0.25) is 0 Å². The molecule has 1 aromatic heterocycles. The van der Waals surface area contributed by atoms with Crippen molar-refractivity contribution < 1.29 is 10.0 Å². The summed E-state index contributed by atoms with van der Waals surface area (Å²) in [5, 5.41) is 27.3. The maximum Gasteiger partial charge on any atom is 0.329 e. The van der Waals surface area contributed by atoms with E-state index in [0.717, 1.165) is 53.5 Å². The number of aromatic nitrogens is 2. The van der Waals surface area contributed by atoms with Gasteiger partial charge in [0.25, 0.3) is 0 Å². The summed E-state index contributed by atoms with van der Waals surface area (Å²) in [5.74, 6) is 1.34. The fourth-order valence-corrected chi connectivity index (χ4v) is 4.81. The van der Waals surface area contributed by atoms with Gasteiger partial charge < -0.3 is 21.5 Å². The number of hydrogen-bond donors (Lipinski definition) is 4. The fraction of sp³-hybridized carbons (Fsp3) is 0.407. The lowest BCUT2D eigenvalue weighted by atomic mass is 9.82. The van der Waals surface area contributed by atoms with Crippen LogP contribution in [-0.4, -0.2) is 33.1 Å². The number of benzene rings is 2. The Kier molecular flexibility index (Phi) is 8.45. The van der Waals surface area contributed by atoms with Gasteiger partial charge >= 0.3 is 5.69 Å². The smallest absolute Gasteiger partial charge is 0.329 e. The van der Waals surface area contributed by atoms with Crippen LogP contribution in [0.3, 0.4) is 0 Å². The van der Waals surface area contributed by atoms with Gasteiger partial charge in [0.05, 0.1) is 4.92 Å². The van der Waals surface area contributed by atoms with Crippen molar-refractivity contribution in [2.45, 2.75) is 45.7 Å². The molecule has 4 rings (SSSR count). The Morgan fingerprint density at radius 3 is 2.58 bits per heavy atom. The highest BCUT2D eigenvalue weighted by molar-refractivity contribution is 5.69. The van der Waals surface area contributed by atoms with Crippen molar-refractivity contribution in [1.82, 2.24) is 9.97 Å². The molecule has 9 heteroatoms. The molecule has 36 heavy (non-hydrogen) atoms. The molecule has 0 radical (unpaired) electrons. The highest BCUT2D eigenvalue weighted by atomic mass is 16.6. The van der Waals surface area contributed by atoms with Gasteiger partial charge in [-0.05, 0) is 78.3 Å². The molecule has 1 heterocycles. The number of nitrogens with one attached hydrogen (secondary N) is 2. The monoisotopic (exact) mass is 490 g/mol. The van der Waals surface area contributed by atoms with Crippen LogP contribution in [0.1, 0.15) is 42.4 Å². The van der Waals surface area contributed by atoms with Crippen LogP contribution in [-0.2, 0) is 13.1 Å². The van der Waals surface area contributed by atoms with Gasteiger partial charge in [0.1, 0.15) is 6.20 Å². The lowest BCUT2D eigenvalue weighted by Crippen LogP contribution is -2.23. The standard InChI is InChI=1S/C27H34N6O3/c1-18-23(6-3-7-24(18)22-5-2-4-21(12-22)13-28)15-30-27-31-16-25(33(35)36)26(32-27)29-14-19-8-10-20(17-34)11-9-19/h2-7,12,16,19-20,34H,8-11,13-15,17,28H2,1H3,(H2,29,30,31,32)/t19-,20-. The molecule has 1 aliphatic carbocycles. The largest absolute Gasteiger partial charge is 0.396 e. The van der Waals surface area contributed by atoms with Crippen molar-refractivity contribution in [3.8, 4) is 11.1 Å². The highest BCUT2D eigenvalue weighted by Gasteiger charge is 2.23. The van der Waals surface area contributed by atoms with E-state index in [1.165, 1.54) is 6.20 Å². The van der Waals surface area contributed by atoms with E-state index >= 15 is 0 Å². The molecule has 5 N–H and O–H groups in total. The van der Waals surface area contributed by atoms with Crippen molar-refractivity contribution in [1.29, 1.82) is 0 Å². The van der Waals surface area contributed by atoms with Gasteiger partial charge in [-0.25, -0.2) is 4.98 Å². The molecule has 0 saturated heterocycles. The molecule has 3 aromatic rings. The van der Waals surface area contributed by atoms with E-state index in [1.54, 1.807) is 0 Å². The van der Waals surface area contributed by atoms with E-state index in [4.69, 9.17) is 5.73 Å². The summed E-state index contributed by atoms with van der Waals surface area (Å²) >= 11 is 0. The number of aliphatic hydroxyl groups excluding tert-OH is 1. The van der Waals surface area contributed by atoms with Crippen molar-refractivity contribution >= 4 is 17.5 Å². The van der Waals surface area contributed by atoms with Crippen LogP contribution < -0.4 is 16.4 Å². The molecular formula is C27H34N6O3. The topological polar surface area (TPSA) is 139 Å². The zero-order valence-corrected chi connectivity index (χ0v) is 20.6. The Bertz CT molecular complexity index is 1190. The number of aliphatic hydroxyl groups is 1. The Labute approximate surface area is 211 Å². The van der Waals surface area contributed by atoms with Crippen LogP contribution in [0.5, 0.6) is 0 Å². The molecule has 1 fully saturated rings. The van der Waals surface area contributed by atoms with Crippen LogP contribution in [0.4, 0.5) is 17.5 Å². The van der Waals surface area contributed by atoms with Gasteiger partial charge in [-0.3, -0.25) is 10.1 Å². The Hall–Kier alpha value is -3.56. The van der Waals surface area contributed by atoms with Gasteiger partial charge in [0, 0.05) is 26.2 Å². The number of hydrogen-bond acceptors (Lipinski definition) is 8. The normalized spacial score (nSPS) is 17.5. The molecule has 2 aromatic carbocycles. The first-order chi connectivity index (χ1) is 17.5. The second-order valence-electron chi connectivity index (χ2n) is 9.48. The minimum absolute atomic E-state index is 0.137. The molecule has 0 bridgehead atoms. The van der Waals surface area contributed by atoms with Crippen molar-refractivity contribution in [3.05, 3.63) is 75.5 Å². The van der Waals surface area contributed by atoms with E-state index in [2.05, 4.69) is 45.7 Å². The van der Waals surface area contributed by atoms with Crippen molar-refractivity contribution in [3.63, 3.8) is 0 Å². The third-order valence-corrected chi connectivity index (χ3v) is 7.11. The molecular weight excluding hydrogens is 456 g/mol. The fourth-order valence-electron chi connectivity index (χ4n) is 4.81. The Morgan fingerprint density at radius 2 is 1.86 bits per heavy atom. The van der Waals surface area contributed by atoms with Crippen LogP contribution in [0.25, 0.3) is 11.1 Å². The average molecular weight is 491 g/mol. The van der Waals surface area contributed by atoms with E-state index in [0.29, 0.717) is 37.4 Å². The maximum atomic E-state index is 11.5. The van der Waals surface area contributed by atoms with Crippen molar-refractivity contribution in [2.24, 2.45) is 17.6 Å². The first-order valence-corrected chi connectivity index (χ1v) is 12.5. The zero-order chi connectivity index (χ0) is 25.5. The molecule has 0 amide bonds. The number of nitrogens with zero attached hydrogens (tertiary/aromatic N) is 3. The average Bonchev–Trinajstić information content (AvgIpc) is 2.91.